The van der Waals surface area contributed by atoms with E-state index in [1.54, 1.807) is 13.2 Å². The van der Waals surface area contributed by atoms with Crippen LogP contribution in [0.5, 0.6) is 11.5 Å². The maximum Gasteiger partial charge on any atom is 0.123 e. The molecule has 2 rings (SSSR count). The highest BCUT2D eigenvalue weighted by molar-refractivity contribution is 5.32. The Morgan fingerprint density at radius 3 is 2.95 bits per heavy atom. The van der Waals surface area contributed by atoms with E-state index in [4.69, 9.17) is 14.2 Å². The lowest BCUT2D eigenvalue weighted by Gasteiger charge is -2.24. The second-order valence-electron chi connectivity index (χ2n) is 5.68. The van der Waals surface area contributed by atoms with Crippen LogP contribution >= 0.6 is 0 Å². The number of hydrogen-bond donors (Lipinski definition) is 2. The van der Waals surface area contributed by atoms with Crippen LogP contribution in [0.1, 0.15) is 19.8 Å². The van der Waals surface area contributed by atoms with E-state index < -0.39 is 6.10 Å². The highest BCUT2D eigenvalue weighted by Crippen LogP contribution is 2.23. The van der Waals surface area contributed by atoms with Gasteiger partial charge < -0.3 is 24.6 Å². The largest absolute Gasteiger partial charge is 0.497 e. The van der Waals surface area contributed by atoms with E-state index in [0.29, 0.717) is 12.3 Å². The fourth-order valence-electron chi connectivity index (χ4n) is 2.42. The number of methoxy groups -OCH3 is 1. The van der Waals surface area contributed by atoms with Gasteiger partial charge in [-0.25, -0.2) is 0 Å². The number of ether oxygens (including phenoxy) is 3. The van der Waals surface area contributed by atoms with E-state index in [2.05, 4.69) is 12.2 Å². The zero-order chi connectivity index (χ0) is 15.1. The molecule has 0 amide bonds. The molecular weight excluding hydrogens is 270 g/mol. The summed E-state index contributed by atoms with van der Waals surface area (Å²) in [4.78, 5) is 0. The summed E-state index contributed by atoms with van der Waals surface area (Å²) in [6.07, 6.45) is 1.62. The first-order valence-corrected chi connectivity index (χ1v) is 7.41. The summed E-state index contributed by atoms with van der Waals surface area (Å²) in [5.74, 6) is 1.44. The molecule has 2 atom stereocenters. The molecule has 5 heteroatoms. The van der Waals surface area contributed by atoms with E-state index in [-0.39, 0.29) is 12.2 Å². The lowest BCUT2D eigenvalue weighted by atomic mass is 10.0. The van der Waals surface area contributed by atoms with Gasteiger partial charge in [0.2, 0.25) is 0 Å². The van der Waals surface area contributed by atoms with Crippen LogP contribution in [0.3, 0.4) is 0 Å². The number of benzene rings is 1. The molecule has 1 aromatic rings. The Morgan fingerprint density at radius 1 is 1.43 bits per heavy atom. The molecule has 1 saturated heterocycles. The molecule has 1 fully saturated rings. The summed E-state index contributed by atoms with van der Waals surface area (Å²) in [5.41, 5.74) is -0.0899. The highest BCUT2D eigenvalue weighted by atomic mass is 16.5. The quantitative estimate of drug-likeness (QED) is 0.763. The van der Waals surface area contributed by atoms with Crippen molar-refractivity contribution in [2.45, 2.75) is 31.5 Å². The van der Waals surface area contributed by atoms with Crippen LogP contribution in [0.15, 0.2) is 24.3 Å². The van der Waals surface area contributed by atoms with Gasteiger partial charge in [-0.1, -0.05) is 6.07 Å². The van der Waals surface area contributed by atoms with Crippen molar-refractivity contribution < 1.29 is 19.3 Å². The van der Waals surface area contributed by atoms with Crippen molar-refractivity contribution in [1.29, 1.82) is 0 Å². The molecule has 0 saturated carbocycles. The van der Waals surface area contributed by atoms with Gasteiger partial charge in [0, 0.05) is 25.8 Å². The first-order valence-electron chi connectivity index (χ1n) is 7.41. The number of aliphatic hydroxyl groups excluding tert-OH is 1. The maximum atomic E-state index is 9.94. The first kappa shape index (κ1) is 16.1. The van der Waals surface area contributed by atoms with Crippen LogP contribution in [0, 0.1) is 0 Å². The zero-order valence-electron chi connectivity index (χ0n) is 12.8. The Bertz CT molecular complexity index is 432. The number of hydrogen-bond acceptors (Lipinski definition) is 5. The van der Waals surface area contributed by atoms with Gasteiger partial charge in [-0.05, 0) is 31.9 Å². The van der Waals surface area contributed by atoms with Crippen molar-refractivity contribution in [2.75, 3.05) is 33.4 Å². The van der Waals surface area contributed by atoms with Crippen molar-refractivity contribution >= 4 is 0 Å². The van der Waals surface area contributed by atoms with Crippen LogP contribution in [0.2, 0.25) is 0 Å². The summed E-state index contributed by atoms with van der Waals surface area (Å²) in [6, 6.07) is 7.35. The summed E-state index contributed by atoms with van der Waals surface area (Å²) < 4.78 is 16.4. The minimum atomic E-state index is -0.554. The van der Waals surface area contributed by atoms with Crippen LogP contribution in [0.4, 0.5) is 0 Å². The summed E-state index contributed by atoms with van der Waals surface area (Å²) in [6.45, 7) is 4.43. The fourth-order valence-corrected chi connectivity index (χ4v) is 2.42. The van der Waals surface area contributed by atoms with Crippen LogP contribution in [-0.2, 0) is 4.74 Å². The van der Waals surface area contributed by atoms with Crippen molar-refractivity contribution in [3.05, 3.63) is 24.3 Å². The third-order valence-electron chi connectivity index (χ3n) is 3.66. The molecule has 0 bridgehead atoms. The SMILES string of the molecule is COc1cccc(OCC(O)CNCC2(C)CCCO2)c1. The Labute approximate surface area is 126 Å². The van der Waals surface area contributed by atoms with E-state index >= 15 is 0 Å². The van der Waals surface area contributed by atoms with Crippen molar-refractivity contribution in [2.24, 2.45) is 0 Å². The molecule has 5 nitrogen and oxygen atoms in total. The monoisotopic (exact) mass is 295 g/mol. The predicted octanol–water partition coefficient (Wildman–Crippen LogP) is 1.59. The van der Waals surface area contributed by atoms with E-state index in [0.717, 1.165) is 31.7 Å². The van der Waals surface area contributed by atoms with E-state index in [1.165, 1.54) is 0 Å². The molecule has 0 aliphatic carbocycles. The molecular formula is C16H25NO4. The molecule has 118 valence electrons. The van der Waals surface area contributed by atoms with Crippen molar-refractivity contribution in [3.8, 4) is 11.5 Å². The molecule has 2 unspecified atom stereocenters. The van der Waals surface area contributed by atoms with Crippen LogP contribution in [-0.4, -0.2) is 50.2 Å². The van der Waals surface area contributed by atoms with Crippen molar-refractivity contribution in [1.82, 2.24) is 5.32 Å². The number of aliphatic hydroxyl groups is 1. The van der Waals surface area contributed by atoms with Gasteiger partial charge in [-0.15, -0.1) is 0 Å². The first-order chi connectivity index (χ1) is 10.1. The molecule has 1 aliphatic heterocycles. The van der Waals surface area contributed by atoms with Crippen LogP contribution in [0.25, 0.3) is 0 Å². The Balaban J connectivity index is 1.66. The summed E-state index contributed by atoms with van der Waals surface area (Å²) in [7, 11) is 1.61. The van der Waals surface area contributed by atoms with Gasteiger partial charge in [0.1, 0.15) is 24.2 Å². The molecule has 0 aromatic heterocycles. The van der Waals surface area contributed by atoms with Gasteiger partial charge in [0.15, 0.2) is 0 Å². The smallest absolute Gasteiger partial charge is 0.123 e. The summed E-state index contributed by atoms with van der Waals surface area (Å²) in [5, 5.41) is 13.2. The minimum absolute atomic E-state index is 0.0899. The third-order valence-corrected chi connectivity index (χ3v) is 3.66. The Kier molecular flexibility index (Phi) is 5.85. The highest BCUT2D eigenvalue weighted by Gasteiger charge is 2.29. The Morgan fingerprint density at radius 2 is 2.24 bits per heavy atom. The van der Waals surface area contributed by atoms with Gasteiger partial charge >= 0.3 is 0 Å². The Hall–Kier alpha value is -1.30. The molecule has 0 radical (unpaired) electrons. The lowest BCUT2D eigenvalue weighted by Crippen LogP contribution is -2.41. The molecule has 1 aliphatic rings. The predicted molar refractivity (Wildman–Crippen MR) is 81.0 cm³/mol. The fraction of sp³-hybridized carbons (Fsp3) is 0.625. The van der Waals surface area contributed by atoms with Gasteiger partial charge in [0.25, 0.3) is 0 Å². The lowest BCUT2D eigenvalue weighted by molar-refractivity contribution is 0.0170. The van der Waals surface area contributed by atoms with Gasteiger partial charge in [-0.2, -0.15) is 0 Å². The molecule has 2 N–H and O–H groups in total. The average molecular weight is 295 g/mol. The zero-order valence-corrected chi connectivity index (χ0v) is 12.8. The average Bonchev–Trinajstić information content (AvgIpc) is 2.92. The van der Waals surface area contributed by atoms with Crippen molar-refractivity contribution in [3.63, 3.8) is 0 Å². The number of nitrogens with one attached hydrogen (secondary N) is 1. The van der Waals surface area contributed by atoms with E-state index in [9.17, 15) is 5.11 Å². The second-order valence-corrected chi connectivity index (χ2v) is 5.68. The number of rotatable bonds is 8. The molecule has 1 aromatic carbocycles. The van der Waals surface area contributed by atoms with E-state index in [1.807, 2.05) is 18.2 Å². The molecule has 0 spiro atoms. The second kappa shape index (κ2) is 7.64. The minimum Gasteiger partial charge on any atom is -0.497 e. The standard InChI is InChI=1S/C16H25NO4/c1-16(7-4-8-21-16)12-17-10-13(18)11-20-15-6-3-5-14(9-15)19-2/h3,5-6,9,13,17-18H,4,7-8,10-12H2,1-2H3. The molecule has 21 heavy (non-hydrogen) atoms. The maximum absolute atomic E-state index is 9.94. The van der Waals surface area contributed by atoms with Gasteiger partial charge in [-0.3, -0.25) is 0 Å². The third kappa shape index (κ3) is 5.19. The molecule has 1 heterocycles. The normalized spacial score (nSPS) is 23.0. The summed E-state index contributed by atoms with van der Waals surface area (Å²) >= 11 is 0. The van der Waals surface area contributed by atoms with Crippen LogP contribution < -0.4 is 14.8 Å². The topological polar surface area (TPSA) is 60.0 Å². The van der Waals surface area contributed by atoms with Gasteiger partial charge in [0.05, 0.1) is 12.7 Å².